The third kappa shape index (κ3) is 3.89. The van der Waals surface area contributed by atoms with E-state index in [1.54, 1.807) is 31.2 Å². The number of carboxylic acids is 1. The Morgan fingerprint density at radius 1 is 0.875 bits per heavy atom. The molecule has 2 amide bonds. The van der Waals surface area contributed by atoms with Crippen LogP contribution in [-0.2, 0) is 0 Å². The molecule has 0 saturated heterocycles. The van der Waals surface area contributed by atoms with Gasteiger partial charge in [-0.3, -0.25) is 20.4 Å². The van der Waals surface area contributed by atoms with E-state index in [1.807, 2.05) is 0 Å². The number of hydrazine groups is 1. The number of rotatable bonds is 5. The Bertz CT molecular complexity index is 773. The highest BCUT2D eigenvalue weighted by Crippen LogP contribution is 2.17. The lowest BCUT2D eigenvalue weighted by Crippen LogP contribution is -2.42. The average Bonchev–Trinajstić information content (AvgIpc) is 2.60. The summed E-state index contributed by atoms with van der Waals surface area (Å²) < 4.78 is 5.35. The average molecular weight is 328 g/mol. The van der Waals surface area contributed by atoms with Crippen molar-refractivity contribution in [2.45, 2.75) is 6.92 Å². The van der Waals surface area contributed by atoms with Crippen molar-refractivity contribution in [3.05, 3.63) is 65.2 Å². The molecule has 2 rings (SSSR count). The molecule has 2 aromatic rings. The van der Waals surface area contributed by atoms with Crippen LogP contribution < -0.4 is 15.6 Å². The lowest BCUT2D eigenvalue weighted by atomic mass is 10.1. The summed E-state index contributed by atoms with van der Waals surface area (Å²) in [6.07, 6.45) is 0. The fraction of sp³-hybridized carbons (Fsp3) is 0.118. The summed E-state index contributed by atoms with van der Waals surface area (Å²) in [6.45, 7) is 2.18. The summed E-state index contributed by atoms with van der Waals surface area (Å²) in [5.74, 6) is -2.14. The zero-order valence-electron chi connectivity index (χ0n) is 12.9. The molecule has 0 radical (unpaired) electrons. The van der Waals surface area contributed by atoms with E-state index in [-0.39, 0.29) is 16.7 Å². The monoisotopic (exact) mass is 328 g/mol. The quantitative estimate of drug-likeness (QED) is 0.727. The summed E-state index contributed by atoms with van der Waals surface area (Å²) in [4.78, 5) is 35.4. The molecule has 0 saturated carbocycles. The molecule has 0 aliphatic heterocycles. The third-order valence-corrected chi connectivity index (χ3v) is 3.12. The molecule has 7 heteroatoms. The predicted molar refractivity (Wildman–Crippen MR) is 85.9 cm³/mol. The summed E-state index contributed by atoms with van der Waals surface area (Å²) >= 11 is 0. The molecule has 0 fully saturated rings. The first kappa shape index (κ1) is 17.0. The Hall–Kier alpha value is -3.35. The minimum atomic E-state index is -1.23. The van der Waals surface area contributed by atoms with Gasteiger partial charge < -0.3 is 9.84 Å². The van der Waals surface area contributed by atoms with Gasteiger partial charge in [-0.15, -0.1) is 0 Å². The number of carbonyl (C=O) groups excluding carboxylic acids is 2. The molecular formula is C17H16N2O5. The van der Waals surface area contributed by atoms with E-state index in [0.29, 0.717) is 12.4 Å². The van der Waals surface area contributed by atoms with E-state index in [2.05, 4.69) is 10.9 Å². The Labute approximate surface area is 138 Å². The highest BCUT2D eigenvalue weighted by molar-refractivity contribution is 6.06. The number of aromatic carboxylic acids is 1. The second-order valence-corrected chi connectivity index (χ2v) is 4.69. The molecule has 0 spiro atoms. The normalized spacial score (nSPS) is 9.88. The standard InChI is InChI=1S/C17H16N2O5/c1-2-24-14-10-6-5-9-13(14)16(21)19-18-15(20)11-7-3-4-8-12(11)17(22)23/h3-10H,2H2,1H3,(H,18,20)(H,19,21)(H,22,23). The van der Waals surface area contributed by atoms with Gasteiger partial charge in [0.1, 0.15) is 5.75 Å². The maximum Gasteiger partial charge on any atom is 0.336 e. The number of benzene rings is 2. The van der Waals surface area contributed by atoms with Crippen LogP contribution in [0.15, 0.2) is 48.5 Å². The first-order valence-electron chi connectivity index (χ1n) is 7.19. The summed E-state index contributed by atoms with van der Waals surface area (Å²) in [6, 6.07) is 12.3. The van der Waals surface area contributed by atoms with E-state index in [4.69, 9.17) is 9.84 Å². The van der Waals surface area contributed by atoms with E-state index >= 15 is 0 Å². The largest absolute Gasteiger partial charge is 0.493 e. The molecule has 0 unspecified atom stereocenters. The molecule has 7 nitrogen and oxygen atoms in total. The lowest BCUT2D eigenvalue weighted by molar-refractivity contribution is 0.0690. The number of carboxylic acid groups (broad SMARTS) is 1. The van der Waals surface area contributed by atoms with Crippen LogP contribution in [0.1, 0.15) is 38.0 Å². The Morgan fingerprint density at radius 3 is 1.96 bits per heavy atom. The zero-order chi connectivity index (χ0) is 17.5. The molecule has 24 heavy (non-hydrogen) atoms. The second-order valence-electron chi connectivity index (χ2n) is 4.69. The van der Waals surface area contributed by atoms with Gasteiger partial charge in [-0.25, -0.2) is 4.79 Å². The molecule has 3 N–H and O–H groups in total. The number of amides is 2. The molecule has 0 bridgehead atoms. The fourth-order valence-electron chi connectivity index (χ4n) is 2.05. The fourth-order valence-corrected chi connectivity index (χ4v) is 2.05. The highest BCUT2D eigenvalue weighted by Gasteiger charge is 2.17. The van der Waals surface area contributed by atoms with Crippen molar-refractivity contribution in [3.8, 4) is 5.75 Å². The summed E-state index contributed by atoms with van der Waals surface area (Å²) in [5, 5.41) is 9.08. The topological polar surface area (TPSA) is 105 Å². The van der Waals surface area contributed by atoms with Gasteiger partial charge in [0, 0.05) is 0 Å². The van der Waals surface area contributed by atoms with Crippen LogP contribution in [0.4, 0.5) is 0 Å². The summed E-state index contributed by atoms with van der Waals surface area (Å²) in [5.41, 5.74) is 4.50. The molecule has 0 aromatic heterocycles. The Balaban J connectivity index is 2.10. The number of hydrogen-bond donors (Lipinski definition) is 3. The van der Waals surface area contributed by atoms with Crippen LogP contribution in [0.2, 0.25) is 0 Å². The molecular weight excluding hydrogens is 312 g/mol. The SMILES string of the molecule is CCOc1ccccc1C(=O)NNC(=O)c1ccccc1C(=O)O. The minimum Gasteiger partial charge on any atom is -0.493 e. The van der Waals surface area contributed by atoms with Gasteiger partial charge >= 0.3 is 5.97 Å². The number of ether oxygens (including phenoxy) is 1. The van der Waals surface area contributed by atoms with Crippen molar-refractivity contribution in [1.29, 1.82) is 0 Å². The van der Waals surface area contributed by atoms with E-state index in [9.17, 15) is 14.4 Å². The van der Waals surface area contributed by atoms with Gasteiger partial charge in [0.05, 0.1) is 23.3 Å². The maximum atomic E-state index is 12.2. The third-order valence-electron chi connectivity index (χ3n) is 3.12. The van der Waals surface area contributed by atoms with Gasteiger partial charge in [-0.1, -0.05) is 24.3 Å². The first-order chi connectivity index (χ1) is 11.5. The van der Waals surface area contributed by atoms with Gasteiger partial charge in [0.25, 0.3) is 11.8 Å². The number of para-hydroxylation sites is 1. The van der Waals surface area contributed by atoms with E-state index in [0.717, 1.165) is 0 Å². The number of nitrogens with one attached hydrogen (secondary N) is 2. The van der Waals surface area contributed by atoms with Crippen LogP contribution >= 0.6 is 0 Å². The van der Waals surface area contributed by atoms with Crippen molar-refractivity contribution in [2.24, 2.45) is 0 Å². The van der Waals surface area contributed by atoms with Gasteiger partial charge in [0.15, 0.2) is 0 Å². The van der Waals surface area contributed by atoms with E-state index in [1.165, 1.54) is 24.3 Å². The van der Waals surface area contributed by atoms with Crippen LogP contribution in [-0.4, -0.2) is 29.5 Å². The lowest BCUT2D eigenvalue weighted by Gasteiger charge is -2.12. The van der Waals surface area contributed by atoms with Gasteiger partial charge in [-0.2, -0.15) is 0 Å². The van der Waals surface area contributed by atoms with Crippen molar-refractivity contribution < 1.29 is 24.2 Å². The highest BCUT2D eigenvalue weighted by atomic mass is 16.5. The van der Waals surface area contributed by atoms with Crippen molar-refractivity contribution >= 4 is 17.8 Å². The molecule has 0 heterocycles. The number of carbonyl (C=O) groups is 3. The molecule has 2 aromatic carbocycles. The van der Waals surface area contributed by atoms with Gasteiger partial charge in [-0.05, 0) is 31.2 Å². The van der Waals surface area contributed by atoms with Crippen LogP contribution in [0.3, 0.4) is 0 Å². The minimum absolute atomic E-state index is 0.0524. The van der Waals surface area contributed by atoms with Crippen LogP contribution in [0.5, 0.6) is 5.75 Å². The van der Waals surface area contributed by atoms with Crippen molar-refractivity contribution in [1.82, 2.24) is 10.9 Å². The summed E-state index contributed by atoms with van der Waals surface area (Å²) in [7, 11) is 0. The van der Waals surface area contributed by atoms with Crippen molar-refractivity contribution in [2.75, 3.05) is 6.61 Å². The Kier molecular flexibility index (Phi) is 5.51. The van der Waals surface area contributed by atoms with Crippen LogP contribution in [0, 0.1) is 0 Å². The zero-order valence-corrected chi connectivity index (χ0v) is 12.9. The number of hydrogen-bond acceptors (Lipinski definition) is 4. The molecule has 0 aliphatic carbocycles. The molecule has 0 aliphatic rings. The van der Waals surface area contributed by atoms with Gasteiger partial charge in [0.2, 0.25) is 0 Å². The predicted octanol–water partition coefficient (Wildman–Crippen LogP) is 1.86. The maximum absolute atomic E-state index is 12.2. The molecule has 0 atom stereocenters. The second kappa shape index (κ2) is 7.77. The van der Waals surface area contributed by atoms with E-state index < -0.39 is 17.8 Å². The first-order valence-corrected chi connectivity index (χ1v) is 7.19. The molecule has 124 valence electrons. The Morgan fingerprint density at radius 2 is 1.38 bits per heavy atom. The van der Waals surface area contributed by atoms with Crippen LogP contribution in [0.25, 0.3) is 0 Å². The smallest absolute Gasteiger partial charge is 0.336 e. The van der Waals surface area contributed by atoms with Crippen molar-refractivity contribution in [3.63, 3.8) is 0 Å².